The topological polar surface area (TPSA) is 66.2 Å². The van der Waals surface area contributed by atoms with E-state index in [2.05, 4.69) is 103 Å². The number of benzene rings is 4. The minimum Gasteiger partial charge on any atom is -0.393 e. The number of aliphatic hydroxyl groups is 2. The van der Waals surface area contributed by atoms with Crippen molar-refractivity contribution in [1.29, 1.82) is 0 Å². The van der Waals surface area contributed by atoms with Crippen molar-refractivity contribution in [3.05, 3.63) is 108 Å². The summed E-state index contributed by atoms with van der Waals surface area (Å²) in [5.41, 5.74) is 11.5. The third-order valence-corrected chi connectivity index (χ3v) is 7.71. The van der Waals surface area contributed by atoms with Gasteiger partial charge in [-0.15, -0.1) is 29.3 Å². The van der Waals surface area contributed by atoms with Gasteiger partial charge in [0.25, 0.3) is 0 Å². The van der Waals surface area contributed by atoms with Crippen molar-refractivity contribution in [1.82, 2.24) is 9.97 Å². The maximum atomic E-state index is 8.56. The molecule has 41 heavy (non-hydrogen) atoms. The van der Waals surface area contributed by atoms with Gasteiger partial charge in [-0.3, -0.25) is 4.98 Å². The Kier molecular flexibility index (Phi) is 9.25. The van der Waals surface area contributed by atoms with Gasteiger partial charge in [0.1, 0.15) is 0 Å². The van der Waals surface area contributed by atoms with Gasteiger partial charge in [0.05, 0.1) is 17.9 Å². The van der Waals surface area contributed by atoms with Crippen LogP contribution < -0.4 is 0 Å². The van der Waals surface area contributed by atoms with E-state index in [4.69, 9.17) is 10.2 Å². The van der Waals surface area contributed by atoms with Crippen LogP contribution in [0.15, 0.2) is 79.0 Å². The van der Waals surface area contributed by atoms with Crippen LogP contribution in [0.5, 0.6) is 0 Å². The first-order valence-electron chi connectivity index (χ1n) is 13.9. The van der Waals surface area contributed by atoms with E-state index < -0.39 is 0 Å². The van der Waals surface area contributed by atoms with Crippen LogP contribution in [0.25, 0.3) is 44.3 Å². The number of aliphatic hydroxyl groups excluding tert-OH is 2. The summed E-state index contributed by atoms with van der Waals surface area (Å²) in [6.45, 7) is 12.0. The number of hydrogen-bond acceptors (Lipinski definition) is 4. The van der Waals surface area contributed by atoms with Gasteiger partial charge in [-0.05, 0) is 67.0 Å². The Hall–Kier alpha value is -3.21. The van der Waals surface area contributed by atoms with Gasteiger partial charge in [0.2, 0.25) is 0 Å². The Bertz CT molecular complexity index is 1680. The van der Waals surface area contributed by atoms with Crippen LogP contribution in [-0.2, 0) is 25.5 Å². The number of hydrogen-bond donors (Lipinski definition) is 2. The van der Waals surface area contributed by atoms with Crippen molar-refractivity contribution in [2.75, 3.05) is 0 Å². The number of fused-ring (bicyclic) bond motifs is 4. The van der Waals surface area contributed by atoms with Crippen LogP contribution in [0.3, 0.4) is 0 Å². The molecular weight excluding hydrogens is 685 g/mol. The molecule has 1 heterocycles. The van der Waals surface area contributed by atoms with Crippen LogP contribution in [0, 0.1) is 19.9 Å². The average Bonchev–Trinajstić information content (AvgIpc) is 3.13. The van der Waals surface area contributed by atoms with Gasteiger partial charge < -0.3 is 15.2 Å². The summed E-state index contributed by atoms with van der Waals surface area (Å²) in [6, 6.07) is 30.0. The molecule has 0 aliphatic heterocycles. The fourth-order valence-corrected chi connectivity index (χ4v) is 5.81. The zero-order valence-electron chi connectivity index (χ0n) is 24.5. The van der Waals surface area contributed by atoms with E-state index >= 15 is 0 Å². The van der Waals surface area contributed by atoms with E-state index in [-0.39, 0.29) is 37.7 Å². The number of aromatic nitrogens is 2. The van der Waals surface area contributed by atoms with Crippen molar-refractivity contribution < 1.29 is 30.3 Å². The zero-order chi connectivity index (χ0) is 28.6. The summed E-state index contributed by atoms with van der Waals surface area (Å²) in [4.78, 5) is 9.27. The van der Waals surface area contributed by atoms with Gasteiger partial charge >= 0.3 is 0 Å². The molecule has 2 unspecified atom stereocenters. The van der Waals surface area contributed by atoms with Crippen LogP contribution >= 0.6 is 0 Å². The van der Waals surface area contributed by atoms with Crippen molar-refractivity contribution in [2.24, 2.45) is 0 Å². The monoisotopic (exact) mass is 722 g/mol. The molecule has 0 saturated carbocycles. The maximum Gasteiger partial charge on any atom is 0.0539 e. The molecule has 0 amide bonds. The summed E-state index contributed by atoms with van der Waals surface area (Å²) < 4.78 is 0. The molecule has 2 N–H and O–H groups in total. The van der Waals surface area contributed by atoms with Crippen LogP contribution in [0.2, 0.25) is 0 Å². The number of rotatable bonds is 4. The Morgan fingerprint density at radius 2 is 1.51 bits per heavy atom. The minimum absolute atomic E-state index is 0. The molecule has 1 radical (unpaired) electrons. The second-order valence-corrected chi connectivity index (χ2v) is 11.5. The molecule has 1 aliphatic carbocycles. The molecule has 0 fully saturated rings. The molecule has 5 heteroatoms. The molecule has 213 valence electrons. The van der Waals surface area contributed by atoms with Crippen LogP contribution in [-0.4, -0.2) is 32.4 Å². The summed E-state index contributed by atoms with van der Waals surface area (Å²) in [6.07, 6.45) is 1.56. The molecule has 4 nitrogen and oxygen atoms in total. The van der Waals surface area contributed by atoms with Crippen LogP contribution in [0.1, 0.15) is 56.6 Å². The van der Waals surface area contributed by atoms with Crippen molar-refractivity contribution >= 4 is 10.8 Å². The van der Waals surface area contributed by atoms with E-state index in [9.17, 15) is 0 Å². The van der Waals surface area contributed by atoms with Gasteiger partial charge in [0.15, 0.2) is 0 Å². The molecule has 5 aromatic rings. The Morgan fingerprint density at radius 1 is 0.829 bits per heavy atom. The first-order valence-corrected chi connectivity index (χ1v) is 13.9. The van der Waals surface area contributed by atoms with E-state index in [1.54, 1.807) is 13.8 Å². The standard InChI is InChI=1S/C31H25N2.C5H12O2.Ir/c1-19-18-32-30(20(2)33-19)23-13-15-27-26-14-12-22(16-28(26)31(3,4)29(27)17-23)25-11-7-9-21-8-5-6-10-24(21)25;1-4(6)3-5(2)7;/h5-12,14-18H,1-4H3;4-7H,3H2,1-2H3;/q-1;;. The molecule has 6 rings (SSSR count). The summed E-state index contributed by atoms with van der Waals surface area (Å²) >= 11 is 0. The first-order chi connectivity index (χ1) is 19.1. The summed E-state index contributed by atoms with van der Waals surface area (Å²) in [5.74, 6) is 0. The molecule has 4 aromatic carbocycles. The molecule has 1 aromatic heterocycles. The summed E-state index contributed by atoms with van der Waals surface area (Å²) in [5, 5.41) is 19.7. The third kappa shape index (κ3) is 6.19. The first kappa shape index (κ1) is 30.7. The normalized spacial score (nSPS) is 14.2. The van der Waals surface area contributed by atoms with Crippen LogP contribution in [0.4, 0.5) is 0 Å². The van der Waals surface area contributed by atoms with E-state index in [0.717, 1.165) is 22.6 Å². The van der Waals surface area contributed by atoms with Crippen molar-refractivity contribution in [3.8, 4) is 33.5 Å². The third-order valence-electron chi connectivity index (χ3n) is 7.71. The van der Waals surface area contributed by atoms with Crippen molar-refractivity contribution in [3.63, 3.8) is 0 Å². The Balaban J connectivity index is 0.000000434. The number of aryl methyl sites for hydroxylation is 2. The molecule has 0 spiro atoms. The predicted octanol–water partition coefficient (Wildman–Crippen LogP) is 7.82. The maximum absolute atomic E-state index is 8.56. The molecule has 0 saturated heterocycles. The molecule has 0 bridgehead atoms. The van der Waals surface area contributed by atoms with Crippen molar-refractivity contribution in [2.45, 2.75) is 65.6 Å². The second-order valence-electron chi connectivity index (χ2n) is 11.5. The zero-order valence-corrected chi connectivity index (χ0v) is 26.9. The summed E-state index contributed by atoms with van der Waals surface area (Å²) in [7, 11) is 0. The molecule has 2 atom stereocenters. The fourth-order valence-electron chi connectivity index (χ4n) is 5.81. The Labute approximate surface area is 256 Å². The van der Waals surface area contributed by atoms with Gasteiger partial charge in [-0.25, -0.2) is 0 Å². The second kappa shape index (κ2) is 12.3. The smallest absolute Gasteiger partial charge is 0.0539 e. The van der Waals surface area contributed by atoms with Gasteiger partial charge in [-0.1, -0.05) is 85.6 Å². The predicted molar refractivity (Wildman–Crippen MR) is 164 cm³/mol. The quantitative estimate of drug-likeness (QED) is 0.186. The van der Waals surface area contributed by atoms with Gasteiger partial charge in [0, 0.05) is 37.7 Å². The average molecular weight is 722 g/mol. The molecule has 1 aliphatic rings. The minimum atomic E-state index is -0.375. The van der Waals surface area contributed by atoms with E-state index in [1.165, 1.54) is 44.2 Å². The van der Waals surface area contributed by atoms with Gasteiger partial charge in [-0.2, -0.15) is 0 Å². The SMILES string of the molecule is CC(O)CC(C)O.Cc1cnc(-c2[c-]cc3c(c2)C(C)(C)c2cc(-c4cccc5ccccc45)ccc2-3)c(C)n1.[Ir]. The van der Waals surface area contributed by atoms with E-state index in [1.807, 2.05) is 20.0 Å². The Morgan fingerprint density at radius 3 is 2.20 bits per heavy atom. The number of nitrogens with zero attached hydrogens (tertiary/aromatic N) is 2. The largest absolute Gasteiger partial charge is 0.393 e. The fraction of sp³-hybridized carbons (Fsp3) is 0.278. The molecular formula is C36H37IrN2O2-. The van der Waals surface area contributed by atoms with E-state index in [0.29, 0.717) is 6.42 Å².